The SMILES string of the molecule is CCCCC[C@@H]1O[C@@H]1C/C=C\CCCCCCCC(=O)OCC(COC(=O)CCCCCCC/C=C\C[C@@H]1O[C@@H]1CCCCC)OC(=O)CCCCCCC/C=C\C[C@H]1O[C@H]1CCCCC. The number of allylic oxidation sites excluding steroid dienone is 3. The number of rotatable bonds is 47. The Labute approximate surface area is 403 Å². The summed E-state index contributed by atoms with van der Waals surface area (Å²) in [7, 11) is 0. The molecule has 9 heteroatoms. The summed E-state index contributed by atoms with van der Waals surface area (Å²) in [5, 5.41) is 0. The molecular formula is C57H98O9. The van der Waals surface area contributed by atoms with E-state index in [0.29, 0.717) is 55.9 Å². The van der Waals surface area contributed by atoms with Gasteiger partial charge in [0.1, 0.15) is 13.2 Å². The van der Waals surface area contributed by atoms with Crippen LogP contribution in [0, 0.1) is 0 Å². The van der Waals surface area contributed by atoms with Gasteiger partial charge in [-0.15, -0.1) is 0 Å². The third kappa shape index (κ3) is 32.3. The van der Waals surface area contributed by atoms with Crippen LogP contribution in [0.4, 0.5) is 0 Å². The van der Waals surface area contributed by atoms with Crippen molar-refractivity contribution in [3.8, 4) is 0 Å². The molecule has 3 aliphatic heterocycles. The molecule has 1 unspecified atom stereocenters. The van der Waals surface area contributed by atoms with Crippen LogP contribution in [0.5, 0.6) is 0 Å². The van der Waals surface area contributed by atoms with Crippen LogP contribution in [-0.4, -0.2) is 73.8 Å². The Hall–Kier alpha value is -2.49. The van der Waals surface area contributed by atoms with Crippen molar-refractivity contribution < 1.29 is 42.8 Å². The summed E-state index contributed by atoms with van der Waals surface area (Å²) < 4.78 is 34.2. The highest BCUT2D eigenvalue weighted by atomic mass is 16.6. The quantitative estimate of drug-likeness (QED) is 0.0193. The summed E-state index contributed by atoms with van der Waals surface area (Å²) in [6.07, 6.45) is 53.4. The molecule has 0 N–H and O–H groups in total. The third-order valence-electron chi connectivity index (χ3n) is 13.4. The minimum absolute atomic E-state index is 0.100. The number of epoxide rings is 3. The van der Waals surface area contributed by atoms with Gasteiger partial charge in [0.15, 0.2) is 6.10 Å². The van der Waals surface area contributed by atoms with Crippen molar-refractivity contribution in [3.05, 3.63) is 36.5 Å². The molecule has 0 bridgehead atoms. The van der Waals surface area contributed by atoms with Crippen molar-refractivity contribution in [3.63, 3.8) is 0 Å². The molecule has 66 heavy (non-hydrogen) atoms. The minimum Gasteiger partial charge on any atom is -0.462 e. The number of carbonyl (C=O) groups is 3. The average molecular weight is 927 g/mol. The van der Waals surface area contributed by atoms with Gasteiger partial charge in [-0.3, -0.25) is 14.4 Å². The van der Waals surface area contributed by atoms with Crippen molar-refractivity contribution in [2.24, 2.45) is 0 Å². The number of hydrogen-bond donors (Lipinski definition) is 0. The van der Waals surface area contributed by atoms with E-state index in [9.17, 15) is 14.4 Å². The van der Waals surface area contributed by atoms with Gasteiger partial charge in [0.05, 0.1) is 36.6 Å². The van der Waals surface area contributed by atoms with E-state index >= 15 is 0 Å². The number of unbranched alkanes of at least 4 members (excludes halogenated alkanes) is 21. The van der Waals surface area contributed by atoms with Crippen molar-refractivity contribution >= 4 is 17.9 Å². The lowest BCUT2D eigenvalue weighted by molar-refractivity contribution is -0.167. The molecule has 0 aromatic heterocycles. The molecule has 0 aromatic rings. The zero-order valence-electron chi connectivity index (χ0n) is 42.5. The topological polar surface area (TPSA) is 116 Å². The molecule has 0 aromatic carbocycles. The Balaban J connectivity index is 1.22. The Morgan fingerprint density at radius 3 is 1.05 bits per heavy atom. The molecular weight excluding hydrogens is 829 g/mol. The number of ether oxygens (including phenoxy) is 6. The second kappa shape index (κ2) is 39.4. The number of hydrogen-bond acceptors (Lipinski definition) is 9. The van der Waals surface area contributed by atoms with E-state index in [1.165, 1.54) is 77.0 Å². The molecule has 3 fully saturated rings. The normalized spacial score (nSPS) is 21.5. The molecule has 0 spiro atoms. The van der Waals surface area contributed by atoms with Gasteiger partial charge in [0, 0.05) is 19.3 Å². The monoisotopic (exact) mass is 927 g/mol. The van der Waals surface area contributed by atoms with Crippen LogP contribution in [0.1, 0.15) is 252 Å². The fourth-order valence-electron chi connectivity index (χ4n) is 8.82. The average Bonchev–Trinajstić information content (AvgIpc) is 4.26. The summed E-state index contributed by atoms with van der Waals surface area (Å²) in [6.45, 7) is 6.51. The van der Waals surface area contributed by atoms with Gasteiger partial charge >= 0.3 is 17.9 Å². The van der Waals surface area contributed by atoms with E-state index in [1.807, 2.05) is 0 Å². The highest BCUT2D eigenvalue weighted by Gasteiger charge is 2.37. The lowest BCUT2D eigenvalue weighted by atomic mass is 10.1. The lowest BCUT2D eigenvalue weighted by Crippen LogP contribution is -2.30. The van der Waals surface area contributed by atoms with Gasteiger partial charge in [-0.05, 0) is 96.3 Å². The molecule has 3 aliphatic rings. The zero-order valence-corrected chi connectivity index (χ0v) is 42.5. The number of carbonyl (C=O) groups excluding carboxylic acids is 3. The maximum absolute atomic E-state index is 12.9. The first-order valence-corrected chi connectivity index (χ1v) is 27.8. The van der Waals surface area contributed by atoms with Gasteiger partial charge < -0.3 is 28.4 Å². The van der Waals surface area contributed by atoms with E-state index in [0.717, 1.165) is 135 Å². The molecule has 380 valence electrons. The van der Waals surface area contributed by atoms with Gasteiger partial charge in [0.25, 0.3) is 0 Å². The first-order chi connectivity index (χ1) is 32.4. The first kappa shape index (κ1) is 57.8. The smallest absolute Gasteiger partial charge is 0.306 e. The van der Waals surface area contributed by atoms with E-state index in [2.05, 4.69) is 57.2 Å². The fraction of sp³-hybridized carbons (Fsp3) is 0.842. The maximum Gasteiger partial charge on any atom is 0.306 e. The van der Waals surface area contributed by atoms with Crippen LogP contribution in [0.15, 0.2) is 36.5 Å². The van der Waals surface area contributed by atoms with Crippen LogP contribution < -0.4 is 0 Å². The molecule has 9 nitrogen and oxygen atoms in total. The van der Waals surface area contributed by atoms with Crippen LogP contribution in [0.25, 0.3) is 0 Å². The van der Waals surface area contributed by atoms with E-state index < -0.39 is 6.10 Å². The molecule has 0 amide bonds. The van der Waals surface area contributed by atoms with Crippen molar-refractivity contribution in [2.45, 2.75) is 295 Å². The Morgan fingerprint density at radius 1 is 0.379 bits per heavy atom. The standard InChI is InChI=1S/C57H98O9/c1-4-7-28-37-49-52(64-49)40-31-22-16-10-13-19-25-34-43-55(58)61-46-48(63-57(60)45-36-27-21-15-12-18-24-33-42-54-51(66-54)39-30-9-6-3)47-62-56(59)44-35-26-20-14-11-17-23-32-41-53-50(65-53)38-29-8-5-2/h22-24,31-33,48-54H,4-21,25-30,34-47H2,1-3H3/b31-22-,32-23-,33-24-/t48?,49-,50+,51-,52+,53-,54+/m0/s1. The third-order valence-corrected chi connectivity index (χ3v) is 13.4. The Morgan fingerprint density at radius 2 is 0.697 bits per heavy atom. The predicted molar refractivity (Wildman–Crippen MR) is 268 cm³/mol. The summed E-state index contributed by atoms with van der Waals surface area (Å²) >= 11 is 0. The fourth-order valence-corrected chi connectivity index (χ4v) is 8.82. The molecule has 3 rings (SSSR count). The molecule has 0 aliphatic carbocycles. The van der Waals surface area contributed by atoms with E-state index in [4.69, 9.17) is 28.4 Å². The highest BCUT2D eigenvalue weighted by molar-refractivity contribution is 5.71. The molecule has 3 heterocycles. The second-order valence-electron chi connectivity index (χ2n) is 19.6. The molecule has 0 saturated carbocycles. The number of esters is 3. The summed E-state index contributed by atoms with van der Waals surface area (Å²) in [4.78, 5) is 38.2. The van der Waals surface area contributed by atoms with Crippen molar-refractivity contribution in [1.82, 2.24) is 0 Å². The van der Waals surface area contributed by atoms with E-state index in [1.54, 1.807) is 0 Å². The Kier molecular flexibility index (Phi) is 34.5. The van der Waals surface area contributed by atoms with Crippen molar-refractivity contribution in [2.75, 3.05) is 13.2 Å². The van der Waals surface area contributed by atoms with Crippen LogP contribution in [0.2, 0.25) is 0 Å². The summed E-state index contributed by atoms with van der Waals surface area (Å²) in [5.74, 6) is -0.946. The Bertz CT molecular complexity index is 1240. The van der Waals surface area contributed by atoms with E-state index in [-0.39, 0.29) is 31.1 Å². The molecule has 3 saturated heterocycles. The molecule has 7 atom stereocenters. The zero-order chi connectivity index (χ0) is 47.1. The van der Waals surface area contributed by atoms with Gasteiger partial charge in [-0.2, -0.15) is 0 Å². The lowest BCUT2D eigenvalue weighted by Gasteiger charge is -2.18. The van der Waals surface area contributed by atoms with Gasteiger partial charge in [0.2, 0.25) is 0 Å². The van der Waals surface area contributed by atoms with Crippen molar-refractivity contribution in [1.29, 1.82) is 0 Å². The maximum atomic E-state index is 12.9. The first-order valence-electron chi connectivity index (χ1n) is 27.8. The minimum atomic E-state index is -0.803. The summed E-state index contributed by atoms with van der Waals surface area (Å²) in [6, 6.07) is 0. The van der Waals surface area contributed by atoms with Crippen LogP contribution in [0.3, 0.4) is 0 Å². The second-order valence-corrected chi connectivity index (χ2v) is 19.6. The largest absolute Gasteiger partial charge is 0.462 e. The van der Waals surface area contributed by atoms with Crippen LogP contribution in [-0.2, 0) is 42.8 Å². The predicted octanol–water partition coefficient (Wildman–Crippen LogP) is 15.1. The molecule has 0 radical (unpaired) electrons. The van der Waals surface area contributed by atoms with Crippen LogP contribution >= 0.6 is 0 Å². The van der Waals surface area contributed by atoms with Gasteiger partial charge in [-0.1, -0.05) is 173 Å². The summed E-state index contributed by atoms with van der Waals surface area (Å²) in [5.41, 5.74) is 0. The van der Waals surface area contributed by atoms with Gasteiger partial charge in [-0.25, -0.2) is 0 Å². The highest BCUT2D eigenvalue weighted by Crippen LogP contribution is 2.32.